The molecule has 6 nitrogen and oxygen atoms in total. The van der Waals surface area contributed by atoms with Crippen molar-refractivity contribution in [3.05, 3.63) is 42.2 Å². The second kappa shape index (κ2) is 6.27. The van der Waals surface area contributed by atoms with Crippen molar-refractivity contribution in [2.24, 2.45) is 5.92 Å². The Balaban J connectivity index is 1.24. The van der Waals surface area contributed by atoms with Crippen molar-refractivity contribution in [2.75, 3.05) is 29.9 Å². The lowest BCUT2D eigenvalue weighted by atomic mass is 10.1. The molecule has 1 aromatic heterocycles. The molecule has 134 valence electrons. The minimum Gasteiger partial charge on any atom is -0.354 e. The van der Waals surface area contributed by atoms with Gasteiger partial charge in [-0.05, 0) is 25.0 Å². The summed E-state index contributed by atoms with van der Waals surface area (Å²) in [5.74, 6) is 1.35. The first-order valence-electron chi connectivity index (χ1n) is 9.50. The van der Waals surface area contributed by atoms with Gasteiger partial charge in [-0.2, -0.15) is 0 Å². The van der Waals surface area contributed by atoms with E-state index in [1.165, 1.54) is 18.5 Å². The number of amides is 1. The largest absolute Gasteiger partial charge is 0.354 e. The summed E-state index contributed by atoms with van der Waals surface area (Å²) in [5.41, 5.74) is 3.37. The first kappa shape index (κ1) is 15.6. The Morgan fingerprint density at radius 1 is 1.19 bits per heavy atom. The van der Waals surface area contributed by atoms with E-state index in [9.17, 15) is 4.79 Å². The lowest BCUT2D eigenvalue weighted by Crippen LogP contribution is -2.28. The van der Waals surface area contributed by atoms with Gasteiger partial charge in [0, 0.05) is 50.1 Å². The minimum absolute atomic E-state index is 0.313. The van der Waals surface area contributed by atoms with E-state index in [2.05, 4.69) is 44.4 Å². The third kappa shape index (κ3) is 2.89. The zero-order valence-corrected chi connectivity index (χ0v) is 14.8. The molecule has 1 atom stereocenters. The van der Waals surface area contributed by atoms with Crippen LogP contribution in [0.3, 0.4) is 0 Å². The van der Waals surface area contributed by atoms with Gasteiger partial charge >= 0.3 is 0 Å². The lowest BCUT2D eigenvalue weighted by molar-refractivity contribution is -0.128. The smallest absolute Gasteiger partial charge is 0.223 e. The molecule has 1 saturated carbocycles. The highest BCUT2D eigenvalue weighted by Gasteiger charge is 2.39. The molecule has 3 aliphatic rings. The molecule has 2 fully saturated rings. The molecule has 2 aliphatic heterocycles. The van der Waals surface area contributed by atoms with Crippen molar-refractivity contribution < 1.29 is 4.79 Å². The van der Waals surface area contributed by atoms with Gasteiger partial charge in [-0.15, -0.1) is 0 Å². The second-order valence-electron chi connectivity index (χ2n) is 7.49. The van der Waals surface area contributed by atoms with E-state index in [4.69, 9.17) is 4.98 Å². The number of likely N-dealkylation sites (tertiary alicyclic amines) is 1. The standard InChI is InChI=1S/C20H23N5O/c26-19-10-14(13-25(19)16-6-7-16)11-21-20-22-12-18-17(23-20)8-9-24(18)15-4-2-1-3-5-15/h1-5,12,14,16H,6-11,13H2,(H,21,22,23). The second-order valence-corrected chi connectivity index (χ2v) is 7.49. The van der Waals surface area contributed by atoms with Crippen LogP contribution in [0.25, 0.3) is 0 Å². The fourth-order valence-electron chi connectivity index (χ4n) is 4.04. The molecule has 0 spiro atoms. The van der Waals surface area contributed by atoms with Crippen LogP contribution in [0.2, 0.25) is 0 Å². The molecular formula is C20H23N5O. The Morgan fingerprint density at radius 2 is 2.04 bits per heavy atom. The maximum Gasteiger partial charge on any atom is 0.223 e. The molecule has 2 aromatic rings. The van der Waals surface area contributed by atoms with Crippen LogP contribution in [0.4, 0.5) is 17.3 Å². The van der Waals surface area contributed by atoms with Crippen molar-refractivity contribution in [1.29, 1.82) is 0 Å². The van der Waals surface area contributed by atoms with Gasteiger partial charge in [-0.25, -0.2) is 9.97 Å². The van der Waals surface area contributed by atoms with E-state index < -0.39 is 0 Å². The Bertz CT molecular complexity index is 820. The number of anilines is 3. The van der Waals surface area contributed by atoms with E-state index in [1.54, 1.807) is 0 Å². The minimum atomic E-state index is 0.313. The Labute approximate surface area is 153 Å². The zero-order chi connectivity index (χ0) is 17.5. The molecule has 1 saturated heterocycles. The summed E-state index contributed by atoms with van der Waals surface area (Å²) >= 11 is 0. The Morgan fingerprint density at radius 3 is 2.85 bits per heavy atom. The monoisotopic (exact) mass is 349 g/mol. The van der Waals surface area contributed by atoms with E-state index in [0.717, 1.165) is 37.4 Å². The number of aromatic nitrogens is 2. The van der Waals surface area contributed by atoms with Crippen molar-refractivity contribution in [2.45, 2.75) is 31.7 Å². The molecule has 0 bridgehead atoms. The Hall–Kier alpha value is -2.63. The zero-order valence-electron chi connectivity index (χ0n) is 14.8. The van der Waals surface area contributed by atoms with Gasteiger partial charge in [0.2, 0.25) is 11.9 Å². The highest BCUT2D eigenvalue weighted by atomic mass is 16.2. The number of para-hydroxylation sites is 1. The van der Waals surface area contributed by atoms with Crippen LogP contribution < -0.4 is 10.2 Å². The third-order valence-electron chi connectivity index (χ3n) is 5.55. The number of fused-ring (bicyclic) bond motifs is 1. The molecule has 5 rings (SSSR count). The molecule has 6 heteroatoms. The van der Waals surface area contributed by atoms with Gasteiger partial charge in [-0.1, -0.05) is 18.2 Å². The van der Waals surface area contributed by atoms with Gasteiger partial charge in [0.1, 0.15) is 0 Å². The van der Waals surface area contributed by atoms with Crippen LogP contribution >= 0.6 is 0 Å². The van der Waals surface area contributed by atoms with Crippen molar-refractivity contribution in [3.8, 4) is 0 Å². The first-order chi connectivity index (χ1) is 12.8. The molecule has 1 amide bonds. The normalized spacial score (nSPS) is 22.0. The molecule has 3 heterocycles. The first-order valence-corrected chi connectivity index (χ1v) is 9.50. The number of nitrogens with zero attached hydrogens (tertiary/aromatic N) is 4. The summed E-state index contributed by atoms with van der Waals surface area (Å²) < 4.78 is 0. The van der Waals surface area contributed by atoms with Gasteiger partial charge < -0.3 is 15.1 Å². The average Bonchev–Trinajstić information content (AvgIpc) is 3.32. The predicted molar refractivity (Wildman–Crippen MR) is 101 cm³/mol. The summed E-state index contributed by atoms with van der Waals surface area (Å²) in [5, 5.41) is 3.35. The number of benzene rings is 1. The van der Waals surface area contributed by atoms with Crippen LogP contribution in [0, 0.1) is 5.92 Å². The van der Waals surface area contributed by atoms with Crippen LogP contribution in [-0.2, 0) is 11.2 Å². The van der Waals surface area contributed by atoms with E-state index in [0.29, 0.717) is 30.2 Å². The number of carbonyl (C=O) groups excluding carboxylic acids is 1. The predicted octanol–water partition coefficient (Wildman–Crippen LogP) is 2.59. The summed E-state index contributed by atoms with van der Waals surface area (Å²) in [6.07, 6.45) is 5.85. The quantitative estimate of drug-likeness (QED) is 0.899. The number of nitrogens with one attached hydrogen (secondary N) is 1. The van der Waals surface area contributed by atoms with Crippen LogP contribution in [0.1, 0.15) is 25.0 Å². The molecule has 1 N–H and O–H groups in total. The number of hydrogen-bond acceptors (Lipinski definition) is 5. The van der Waals surface area contributed by atoms with Gasteiger partial charge in [0.15, 0.2) is 0 Å². The Kier molecular flexibility index (Phi) is 3.76. The molecule has 0 radical (unpaired) electrons. The average molecular weight is 349 g/mol. The molecule has 1 aliphatic carbocycles. The van der Waals surface area contributed by atoms with Crippen LogP contribution in [0.15, 0.2) is 36.5 Å². The van der Waals surface area contributed by atoms with Crippen LogP contribution in [-0.4, -0.2) is 46.5 Å². The fraction of sp³-hybridized carbons (Fsp3) is 0.450. The topological polar surface area (TPSA) is 61.4 Å². The van der Waals surface area contributed by atoms with E-state index >= 15 is 0 Å². The van der Waals surface area contributed by atoms with Gasteiger partial charge in [0.25, 0.3) is 0 Å². The van der Waals surface area contributed by atoms with Crippen molar-refractivity contribution >= 4 is 23.2 Å². The maximum atomic E-state index is 12.1. The number of hydrogen-bond donors (Lipinski definition) is 1. The van der Waals surface area contributed by atoms with E-state index in [1.807, 2.05) is 12.3 Å². The number of rotatable bonds is 5. The molecule has 1 unspecified atom stereocenters. The lowest BCUT2D eigenvalue weighted by Gasteiger charge is -2.19. The highest BCUT2D eigenvalue weighted by molar-refractivity contribution is 5.79. The molecule has 1 aromatic carbocycles. The summed E-state index contributed by atoms with van der Waals surface area (Å²) in [4.78, 5) is 25.6. The summed E-state index contributed by atoms with van der Waals surface area (Å²) in [6.45, 7) is 2.57. The SMILES string of the molecule is O=C1CC(CNc2ncc3c(n2)CCN3c2ccccc2)CN1C1CC1. The molecular weight excluding hydrogens is 326 g/mol. The van der Waals surface area contributed by atoms with E-state index in [-0.39, 0.29) is 0 Å². The summed E-state index contributed by atoms with van der Waals surface area (Å²) in [6, 6.07) is 10.9. The third-order valence-corrected chi connectivity index (χ3v) is 5.55. The maximum absolute atomic E-state index is 12.1. The fourth-order valence-corrected chi connectivity index (χ4v) is 4.04. The van der Waals surface area contributed by atoms with Gasteiger partial charge in [-0.3, -0.25) is 4.79 Å². The van der Waals surface area contributed by atoms with Crippen molar-refractivity contribution in [1.82, 2.24) is 14.9 Å². The molecule has 26 heavy (non-hydrogen) atoms. The highest BCUT2D eigenvalue weighted by Crippen LogP contribution is 2.34. The van der Waals surface area contributed by atoms with Gasteiger partial charge in [0.05, 0.1) is 17.6 Å². The van der Waals surface area contributed by atoms with Crippen molar-refractivity contribution in [3.63, 3.8) is 0 Å². The summed E-state index contributed by atoms with van der Waals surface area (Å²) in [7, 11) is 0. The number of carbonyl (C=O) groups is 1. The van der Waals surface area contributed by atoms with Crippen LogP contribution in [0.5, 0.6) is 0 Å².